The van der Waals surface area contributed by atoms with E-state index >= 15 is 0 Å². The Balaban J connectivity index is 2.37. The van der Waals surface area contributed by atoms with Crippen LogP contribution in [0, 0.1) is 11.6 Å². The number of hydrogen-bond donors (Lipinski definition) is 0. The molecule has 0 saturated carbocycles. The summed E-state index contributed by atoms with van der Waals surface area (Å²) >= 11 is 11.4. The Morgan fingerprint density at radius 2 is 1.50 bits per heavy atom. The van der Waals surface area contributed by atoms with E-state index in [1.807, 2.05) is 0 Å². The molecule has 0 aliphatic heterocycles. The van der Waals surface area contributed by atoms with Gasteiger partial charge in [-0.15, -0.1) is 0 Å². The number of rotatable bonds is 3. The molecule has 0 unspecified atom stereocenters. The van der Waals surface area contributed by atoms with Crippen LogP contribution >= 0.6 is 23.2 Å². The lowest BCUT2D eigenvalue weighted by Crippen LogP contribution is -2.10. The molecule has 0 aliphatic carbocycles. The highest BCUT2D eigenvalue weighted by Crippen LogP contribution is 2.28. The number of benzene rings is 2. The zero-order valence-electron chi connectivity index (χ0n) is 9.61. The van der Waals surface area contributed by atoms with Gasteiger partial charge in [-0.25, -0.2) is 8.78 Å². The van der Waals surface area contributed by atoms with Crippen molar-refractivity contribution in [2.45, 2.75) is 4.90 Å². The van der Waals surface area contributed by atoms with Crippen molar-refractivity contribution in [1.82, 2.24) is 0 Å². The van der Waals surface area contributed by atoms with Gasteiger partial charge in [-0.05, 0) is 24.3 Å². The van der Waals surface area contributed by atoms with Crippen molar-refractivity contribution < 1.29 is 21.4 Å². The zero-order valence-corrected chi connectivity index (χ0v) is 11.9. The van der Waals surface area contributed by atoms with Gasteiger partial charge in [0.05, 0.1) is 10.0 Å². The average Bonchev–Trinajstić information content (AvgIpc) is 2.32. The molecule has 0 atom stereocenters. The first kappa shape index (κ1) is 15.0. The van der Waals surface area contributed by atoms with Crippen LogP contribution in [0.4, 0.5) is 8.78 Å². The van der Waals surface area contributed by atoms with Crippen molar-refractivity contribution in [2.75, 3.05) is 0 Å². The predicted octanol–water partition coefficient (Wildman–Crippen LogP) is 4.04. The van der Waals surface area contributed by atoms with E-state index in [1.54, 1.807) is 0 Å². The molecule has 0 N–H and O–H groups in total. The smallest absolute Gasteiger partial charge is 0.339 e. The van der Waals surface area contributed by atoms with Gasteiger partial charge in [0.15, 0.2) is 0 Å². The van der Waals surface area contributed by atoms with E-state index in [9.17, 15) is 17.2 Å². The third kappa shape index (κ3) is 3.39. The Bertz CT molecular complexity index is 743. The Morgan fingerprint density at radius 1 is 0.900 bits per heavy atom. The van der Waals surface area contributed by atoms with Crippen molar-refractivity contribution in [1.29, 1.82) is 0 Å². The molecule has 0 heterocycles. The molecule has 0 spiro atoms. The van der Waals surface area contributed by atoms with Crippen molar-refractivity contribution >= 4 is 33.3 Å². The highest BCUT2D eigenvalue weighted by molar-refractivity contribution is 7.87. The maximum atomic E-state index is 13.0. The van der Waals surface area contributed by atoms with Gasteiger partial charge < -0.3 is 4.18 Å². The number of hydrogen-bond acceptors (Lipinski definition) is 3. The van der Waals surface area contributed by atoms with Gasteiger partial charge in [-0.3, -0.25) is 0 Å². The maximum Gasteiger partial charge on any atom is 0.339 e. The molecule has 0 aliphatic rings. The van der Waals surface area contributed by atoms with Gasteiger partial charge in [-0.1, -0.05) is 23.2 Å². The Kier molecular flexibility index (Phi) is 4.17. The summed E-state index contributed by atoms with van der Waals surface area (Å²) < 4.78 is 54.5. The predicted molar refractivity (Wildman–Crippen MR) is 70.6 cm³/mol. The largest absolute Gasteiger partial charge is 0.379 e. The minimum Gasteiger partial charge on any atom is -0.379 e. The lowest BCUT2D eigenvalue weighted by Gasteiger charge is -2.08. The monoisotopic (exact) mass is 338 g/mol. The molecule has 0 fully saturated rings. The summed E-state index contributed by atoms with van der Waals surface area (Å²) in [4.78, 5) is -0.638. The molecule has 8 heteroatoms. The zero-order chi connectivity index (χ0) is 14.9. The first-order chi connectivity index (χ1) is 9.28. The van der Waals surface area contributed by atoms with Crippen molar-refractivity contribution in [3.8, 4) is 5.75 Å². The van der Waals surface area contributed by atoms with Crippen LogP contribution in [-0.2, 0) is 10.1 Å². The van der Waals surface area contributed by atoms with Gasteiger partial charge in [-0.2, -0.15) is 8.42 Å². The minimum atomic E-state index is -4.37. The highest BCUT2D eigenvalue weighted by Gasteiger charge is 2.19. The van der Waals surface area contributed by atoms with Crippen LogP contribution in [0.25, 0.3) is 0 Å². The van der Waals surface area contributed by atoms with Crippen LogP contribution in [0.5, 0.6) is 5.75 Å². The summed E-state index contributed by atoms with van der Waals surface area (Å²) in [7, 11) is -4.37. The topological polar surface area (TPSA) is 43.4 Å². The second-order valence-electron chi connectivity index (χ2n) is 3.72. The van der Waals surface area contributed by atoms with E-state index < -0.39 is 26.6 Å². The van der Waals surface area contributed by atoms with E-state index in [4.69, 9.17) is 27.4 Å². The van der Waals surface area contributed by atoms with Gasteiger partial charge in [0, 0.05) is 12.1 Å². The Hall–Kier alpha value is -1.37. The third-order valence-corrected chi connectivity index (χ3v) is 4.19. The Labute approximate surface area is 123 Å². The summed E-state index contributed by atoms with van der Waals surface area (Å²) in [5.41, 5.74) is 0. The number of halogens is 4. The average molecular weight is 339 g/mol. The van der Waals surface area contributed by atoms with E-state index in [0.717, 1.165) is 0 Å². The Morgan fingerprint density at radius 3 is 2.05 bits per heavy atom. The summed E-state index contributed by atoms with van der Waals surface area (Å²) in [6.07, 6.45) is 0. The second kappa shape index (κ2) is 5.55. The second-order valence-corrected chi connectivity index (χ2v) is 6.08. The van der Waals surface area contributed by atoms with Crippen LogP contribution in [-0.4, -0.2) is 8.42 Å². The van der Waals surface area contributed by atoms with Crippen LogP contribution in [0.1, 0.15) is 0 Å². The lowest BCUT2D eigenvalue weighted by atomic mass is 10.3. The molecule has 20 heavy (non-hydrogen) atoms. The molecule has 0 radical (unpaired) electrons. The van der Waals surface area contributed by atoms with Crippen LogP contribution in [0.3, 0.4) is 0 Å². The molecule has 0 aromatic heterocycles. The quantitative estimate of drug-likeness (QED) is 0.793. The molecule has 0 bridgehead atoms. The molecule has 0 saturated heterocycles. The van der Waals surface area contributed by atoms with Crippen LogP contribution in [0.2, 0.25) is 10.0 Å². The van der Waals surface area contributed by atoms with Gasteiger partial charge in [0.2, 0.25) is 0 Å². The molecule has 2 aromatic carbocycles. The summed E-state index contributed by atoms with van der Waals surface area (Å²) in [5.74, 6) is -2.17. The van der Waals surface area contributed by atoms with E-state index in [0.29, 0.717) is 18.2 Å². The van der Waals surface area contributed by atoms with E-state index in [-0.39, 0.29) is 15.8 Å². The van der Waals surface area contributed by atoms with Gasteiger partial charge >= 0.3 is 10.1 Å². The molecular weight excluding hydrogens is 333 g/mol. The SMILES string of the molecule is O=S(=O)(Oc1ccc(Cl)c(Cl)c1)c1cc(F)cc(F)c1. The maximum absolute atomic E-state index is 13.0. The molecule has 106 valence electrons. The molecule has 3 nitrogen and oxygen atoms in total. The third-order valence-electron chi connectivity index (χ3n) is 2.22. The highest BCUT2D eigenvalue weighted by atomic mass is 35.5. The van der Waals surface area contributed by atoms with Crippen molar-refractivity contribution in [3.05, 3.63) is 58.1 Å². The summed E-state index contributed by atoms with van der Waals surface area (Å²) in [5, 5.41) is 0.304. The molecule has 0 amide bonds. The first-order valence-corrected chi connectivity index (χ1v) is 7.30. The fourth-order valence-corrected chi connectivity index (χ4v) is 2.63. The lowest BCUT2D eigenvalue weighted by molar-refractivity contribution is 0.482. The molecule has 2 aromatic rings. The standard InChI is InChI=1S/C12H6Cl2F2O3S/c13-11-2-1-9(6-12(11)14)19-20(17,18)10-4-7(15)3-8(16)5-10/h1-6H. The fourth-order valence-electron chi connectivity index (χ4n) is 1.38. The first-order valence-electron chi connectivity index (χ1n) is 5.13. The molecular formula is C12H6Cl2F2O3S. The van der Waals surface area contributed by atoms with Crippen LogP contribution < -0.4 is 4.18 Å². The fraction of sp³-hybridized carbons (Fsp3) is 0. The van der Waals surface area contributed by atoms with Gasteiger partial charge in [0.25, 0.3) is 0 Å². The van der Waals surface area contributed by atoms with Gasteiger partial charge in [0.1, 0.15) is 22.3 Å². The normalized spacial score (nSPS) is 11.4. The van der Waals surface area contributed by atoms with Crippen molar-refractivity contribution in [3.63, 3.8) is 0 Å². The minimum absolute atomic E-state index is 0.0878. The van der Waals surface area contributed by atoms with Crippen LogP contribution in [0.15, 0.2) is 41.3 Å². The van der Waals surface area contributed by atoms with E-state index in [1.165, 1.54) is 18.2 Å². The summed E-state index contributed by atoms with van der Waals surface area (Å²) in [6.45, 7) is 0. The molecule has 2 rings (SSSR count). The van der Waals surface area contributed by atoms with E-state index in [2.05, 4.69) is 0 Å². The summed E-state index contributed by atoms with van der Waals surface area (Å²) in [6, 6.07) is 5.63. The van der Waals surface area contributed by atoms with Crippen molar-refractivity contribution in [2.24, 2.45) is 0 Å².